The van der Waals surface area contributed by atoms with Gasteiger partial charge in [0.1, 0.15) is 23.8 Å². The molecule has 0 unspecified atom stereocenters. The number of nitrogens with zero attached hydrogens (tertiary/aromatic N) is 3. The molecule has 0 atom stereocenters. The molecule has 0 spiro atoms. The molecule has 0 aliphatic carbocycles. The zero-order valence-electron chi connectivity index (χ0n) is 16.4. The van der Waals surface area contributed by atoms with Crippen molar-refractivity contribution in [3.63, 3.8) is 0 Å². The van der Waals surface area contributed by atoms with Crippen LogP contribution in [-0.2, 0) is 6.42 Å². The van der Waals surface area contributed by atoms with E-state index in [1.54, 1.807) is 7.11 Å². The summed E-state index contributed by atoms with van der Waals surface area (Å²) in [7, 11) is 1.65. The Morgan fingerprint density at radius 2 is 1.93 bits per heavy atom. The zero-order valence-corrected chi connectivity index (χ0v) is 16.4. The standard InChI is InChI=1S/C21H27N5O2/c1-3-22-21(24-13-15-28-19-9-7-18(27-2)8-10-19)23-12-11-17-16-26-14-5-4-6-20(26)25-17/h4-10,14,16H,3,11-13,15H2,1-2H3,(H2,22,23,24). The fourth-order valence-electron chi connectivity index (χ4n) is 2.74. The number of methoxy groups -OCH3 is 1. The first-order chi connectivity index (χ1) is 13.8. The molecule has 3 rings (SSSR count). The van der Waals surface area contributed by atoms with Crippen LogP contribution >= 0.6 is 0 Å². The average Bonchev–Trinajstić information content (AvgIpc) is 3.14. The fraction of sp³-hybridized carbons (Fsp3) is 0.333. The molecular formula is C21H27N5O2. The van der Waals surface area contributed by atoms with Gasteiger partial charge in [-0.25, -0.2) is 4.98 Å². The van der Waals surface area contributed by atoms with E-state index >= 15 is 0 Å². The molecule has 2 heterocycles. The lowest BCUT2D eigenvalue weighted by atomic mass is 10.3. The highest BCUT2D eigenvalue weighted by Gasteiger charge is 2.02. The van der Waals surface area contributed by atoms with Gasteiger partial charge in [-0.1, -0.05) is 6.07 Å². The number of nitrogens with one attached hydrogen (secondary N) is 2. The smallest absolute Gasteiger partial charge is 0.191 e. The van der Waals surface area contributed by atoms with Crippen molar-refractivity contribution in [2.75, 3.05) is 33.4 Å². The molecular weight excluding hydrogens is 354 g/mol. The Morgan fingerprint density at radius 1 is 1.11 bits per heavy atom. The first-order valence-electron chi connectivity index (χ1n) is 9.50. The number of pyridine rings is 1. The molecule has 0 aliphatic rings. The highest BCUT2D eigenvalue weighted by Crippen LogP contribution is 2.16. The SMILES string of the molecule is CCNC(=NCCc1cn2ccccc2n1)NCCOc1ccc(OC)cc1. The van der Waals surface area contributed by atoms with Crippen LogP contribution in [0.3, 0.4) is 0 Å². The van der Waals surface area contributed by atoms with E-state index in [1.807, 2.05) is 66.2 Å². The van der Waals surface area contributed by atoms with Gasteiger partial charge in [-0.2, -0.15) is 0 Å². The van der Waals surface area contributed by atoms with Gasteiger partial charge in [0.2, 0.25) is 0 Å². The van der Waals surface area contributed by atoms with Gasteiger partial charge in [0.25, 0.3) is 0 Å². The van der Waals surface area contributed by atoms with Crippen LogP contribution in [0.2, 0.25) is 0 Å². The third-order valence-corrected chi connectivity index (χ3v) is 4.12. The van der Waals surface area contributed by atoms with Crippen molar-refractivity contribution in [3.05, 3.63) is 60.6 Å². The molecule has 1 aromatic carbocycles. The van der Waals surface area contributed by atoms with E-state index < -0.39 is 0 Å². The second-order valence-electron chi connectivity index (χ2n) is 6.16. The van der Waals surface area contributed by atoms with Crippen molar-refractivity contribution in [1.29, 1.82) is 0 Å². The topological polar surface area (TPSA) is 72.2 Å². The van der Waals surface area contributed by atoms with Crippen molar-refractivity contribution in [3.8, 4) is 11.5 Å². The maximum Gasteiger partial charge on any atom is 0.191 e. The molecule has 0 saturated heterocycles. The normalized spacial score (nSPS) is 11.4. The largest absolute Gasteiger partial charge is 0.497 e. The van der Waals surface area contributed by atoms with E-state index in [9.17, 15) is 0 Å². The zero-order chi connectivity index (χ0) is 19.6. The van der Waals surface area contributed by atoms with Crippen LogP contribution in [0, 0.1) is 0 Å². The molecule has 0 fully saturated rings. The lowest BCUT2D eigenvalue weighted by molar-refractivity contribution is 0.321. The minimum Gasteiger partial charge on any atom is -0.497 e. The van der Waals surface area contributed by atoms with Gasteiger partial charge in [-0.05, 0) is 43.3 Å². The number of guanidine groups is 1. The number of aliphatic imine (C=N–C) groups is 1. The third-order valence-electron chi connectivity index (χ3n) is 4.12. The first kappa shape index (κ1) is 19.5. The number of hydrogen-bond acceptors (Lipinski definition) is 4. The molecule has 28 heavy (non-hydrogen) atoms. The number of hydrogen-bond donors (Lipinski definition) is 2. The van der Waals surface area contributed by atoms with E-state index in [0.29, 0.717) is 19.7 Å². The Labute approximate surface area is 165 Å². The van der Waals surface area contributed by atoms with Gasteiger partial charge in [-0.15, -0.1) is 0 Å². The summed E-state index contributed by atoms with van der Waals surface area (Å²) in [5.41, 5.74) is 2.00. The molecule has 7 nitrogen and oxygen atoms in total. The van der Waals surface area contributed by atoms with Crippen molar-refractivity contribution in [2.24, 2.45) is 4.99 Å². The molecule has 0 aliphatic heterocycles. The molecule has 3 aromatic rings. The van der Waals surface area contributed by atoms with Crippen LogP contribution < -0.4 is 20.1 Å². The Balaban J connectivity index is 1.44. The van der Waals surface area contributed by atoms with E-state index in [1.165, 1.54) is 0 Å². The highest BCUT2D eigenvalue weighted by molar-refractivity contribution is 5.79. The van der Waals surface area contributed by atoms with Crippen LogP contribution in [-0.4, -0.2) is 48.7 Å². The van der Waals surface area contributed by atoms with Gasteiger partial charge < -0.3 is 24.5 Å². The first-order valence-corrected chi connectivity index (χ1v) is 9.50. The summed E-state index contributed by atoms with van der Waals surface area (Å²) in [4.78, 5) is 9.22. The van der Waals surface area contributed by atoms with Crippen LogP contribution in [0.25, 0.3) is 5.65 Å². The number of imidazole rings is 1. The quantitative estimate of drug-likeness (QED) is 0.339. The van der Waals surface area contributed by atoms with Crippen molar-refractivity contribution >= 4 is 11.6 Å². The predicted octanol–water partition coefficient (Wildman–Crippen LogP) is 2.52. The minimum atomic E-state index is 0.545. The van der Waals surface area contributed by atoms with Gasteiger partial charge >= 0.3 is 0 Å². The molecule has 2 aromatic heterocycles. The number of benzene rings is 1. The van der Waals surface area contributed by atoms with E-state index in [0.717, 1.165) is 41.8 Å². The highest BCUT2D eigenvalue weighted by atomic mass is 16.5. The van der Waals surface area contributed by atoms with Crippen LogP contribution in [0.4, 0.5) is 0 Å². The van der Waals surface area contributed by atoms with Gasteiger partial charge in [0.05, 0.1) is 19.3 Å². The molecule has 0 radical (unpaired) electrons. The number of rotatable bonds is 9. The molecule has 148 valence electrons. The van der Waals surface area contributed by atoms with Crippen molar-refractivity contribution < 1.29 is 9.47 Å². The van der Waals surface area contributed by atoms with Gasteiger partial charge in [-0.3, -0.25) is 4.99 Å². The van der Waals surface area contributed by atoms with Gasteiger partial charge in [0, 0.05) is 31.9 Å². The lowest BCUT2D eigenvalue weighted by Gasteiger charge is -2.12. The molecule has 0 amide bonds. The fourth-order valence-corrected chi connectivity index (χ4v) is 2.74. The third kappa shape index (κ3) is 5.64. The number of ether oxygens (including phenoxy) is 2. The van der Waals surface area contributed by atoms with Crippen molar-refractivity contribution in [1.82, 2.24) is 20.0 Å². The second kappa shape index (κ2) is 10.2. The summed E-state index contributed by atoms with van der Waals surface area (Å²) in [6.07, 6.45) is 4.85. The van der Waals surface area contributed by atoms with E-state index in [4.69, 9.17) is 9.47 Å². The predicted molar refractivity (Wildman–Crippen MR) is 111 cm³/mol. The summed E-state index contributed by atoms with van der Waals surface area (Å²) in [5, 5.41) is 6.54. The summed E-state index contributed by atoms with van der Waals surface area (Å²) in [6.45, 7) is 4.72. The van der Waals surface area contributed by atoms with Crippen molar-refractivity contribution in [2.45, 2.75) is 13.3 Å². The van der Waals surface area contributed by atoms with Gasteiger partial charge in [0.15, 0.2) is 5.96 Å². The Bertz CT molecular complexity index is 856. The molecule has 0 bridgehead atoms. The summed E-state index contributed by atoms with van der Waals surface area (Å²) in [6, 6.07) is 13.5. The number of aromatic nitrogens is 2. The summed E-state index contributed by atoms with van der Waals surface area (Å²) in [5.74, 6) is 2.42. The molecule has 7 heteroatoms. The second-order valence-corrected chi connectivity index (χ2v) is 6.16. The van der Waals surface area contributed by atoms with Crippen LogP contribution in [0.5, 0.6) is 11.5 Å². The van der Waals surface area contributed by atoms with E-state index in [-0.39, 0.29) is 0 Å². The Hall–Kier alpha value is -3.22. The average molecular weight is 381 g/mol. The van der Waals surface area contributed by atoms with Crippen LogP contribution in [0.15, 0.2) is 59.9 Å². The molecule has 0 saturated carbocycles. The number of fused-ring (bicyclic) bond motifs is 1. The van der Waals surface area contributed by atoms with E-state index in [2.05, 4.69) is 20.6 Å². The van der Waals surface area contributed by atoms with Crippen LogP contribution in [0.1, 0.15) is 12.6 Å². The maximum absolute atomic E-state index is 5.73. The maximum atomic E-state index is 5.73. The summed E-state index contributed by atoms with van der Waals surface area (Å²) < 4.78 is 12.9. The molecule has 2 N–H and O–H groups in total. The monoisotopic (exact) mass is 381 g/mol. The Kier molecular flexibility index (Phi) is 7.12. The lowest BCUT2D eigenvalue weighted by Crippen LogP contribution is -2.39. The minimum absolute atomic E-state index is 0.545. The Morgan fingerprint density at radius 3 is 2.68 bits per heavy atom. The summed E-state index contributed by atoms with van der Waals surface area (Å²) >= 11 is 0.